The molecule has 0 aromatic heterocycles. The lowest BCUT2D eigenvalue weighted by Crippen LogP contribution is -2.37. The summed E-state index contributed by atoms with van der Waals surface area (Å²) in [7, 11) is 1.37. The maximum absolute atomic E-state index is 12.7. The van der Waals surface area contributed by atoms with E-state index in [4.69, 9.17) is 18.5 Å². The molecule has 0 bridgehead atoms. The van der Waals surface area contributed by atoms with Crippen LogP contribution in [0.15, 0.2) is 12.2 Å². The molecule has 0 spiro atoms. The largest absolute Gasteiger partial charge is 0.756 e. The van der Waals surface area contributed by atoms with Crippen molar-refractivity contribution in [2.45, 2.75) is 264 Å². The SMILES string of the molecule is CCCCCCCC/C=C\CCCCCCCCCC(=O)OC(COCCCCCCCCCCCCCCCCCCCCCCCC)COP(=O)([O-])OCC[N+](C)(C)C. The monoisotopic (exact) mass is 886 g/mol. The van der Waals surface area contributed by atoms with Crippen LogP contribution in [0.5, 0.6) is 0 Å². The molecule has 0 saturated carbocycles. The van der Waals surface area contributed by atoms with Gasteiger partial charge in [-0.25, -0.2) is 0 Å². The van der Waals surface area contributed by atoms with Gasteiger partial charge in [0.25, 0.3) is 7.82 Å². The summed E-state index contributed by atoms with van der Waals surface area (Å²) in [4.78, 5) is 25.2. The van der Waals surface area contributed by atoms with Gasteiger partial charge >= 0.3 is 5.97 Å². The molecule has 0 aromatic carbocycles. The Morgan fingerprint density at radius 1 is 0.492 bits per heavy atom. The Morgan fingerprint density at radius 3 is 1.25 bits per heavy atom. The molecular formula is C52H104NO7P. The van der Waals surface area contributed by atoms with Gasteiger partial charge < -0.3 is 27.9 Å². The first-order chi connectivity index (χ1) is 29.6. The van der Waals surface area contributed by atoms with Crippen molar-refractivity contribution in [3.8, 4) is 0 Å². The molecule has 0 aliphatic carbocycles. The highest BCUT2D eigenvalue weighted by Crippen LogP contribution is 2.38. The van der Waals surface area contributed by atoms with Gasteiger partial charge in [0.1, 0.15) is 19.3 Å². The van der Waals surface area contributed by atoms with E-state index < -0.39 is 13.9 Å². The number of carbonyl (C=O) groups is 1. The Labute approximate surface area is 380 Å². The summed E-state index contributed by atoms with van der Waals surface area (Å²) in [5, 5.41) is 0. The van der Waals surface area contributed by atoms with Crippen LogP contribution in [0.2, 0.25) is 0 Å². The van der Waals surface area contributed by atoms with Crippen molar-refractivity contribution in [3.05, 3.63) is 12.2 Å². The van der Waals surface area contributed by atoms with Gasteiger partial charge in [0.2, 0.25) is 0 Å². The van der Waals surface area contributed by atoms with E-state index in [0.29, 0.717) is 24.1 Å². The Morgan fingerprint density at radius 2 is 0.852 bits per heavy atom. The van der Waals surface area contributed by atoms with E-state index in [1.807, 2.05) is 21.1 Å². The molecule has 0 radical (unpaired) electrons. The van der Waals surface area contributed by atoms with Crippen molar-refractivity contribution >= 4 is 13.8 Å². The fraction of sp³-hybridized carbons (Fsp3) is 0.942. The lowest BCUT2D eigenvalue weighted by Gasteiger charge is -2.28. The quantitative estimate of drug-likeness (QED) is 0.0197. The zero-order valence-electron chi connectivity index (χ0n) is 41.4. The molecule has 0 heterocycles. The number of esters is 1. The van der Waals surface area contributed by atoms with Crippen molar-refractivity contribution in [3.63, 3.8) is 0 Å². The predicted octanol–water partition coefficient (Wildman–Crippen LogP) is 15.5. The van der Waals surface area contributed by atoms with Gasteiger partial charge in [0.15, 0.2) is 0 Å². The molecule has 2 atom stereocenters. The van der Waals surface area contributed by atoms with E-state index in [2.05, 4.69) is 26.0 Å². The number of likely N-dealkylation sites (N-methyl/N-ethyl adjacent to an activating group) is 1. The highest BCUT2D eigenvalue weighted by molar-refractivity contribution is 7.45. The molecule has 0 rings (SSSR count). The molecule has 0 aromatic rings. The van der Waals surface area contributed by atoms with Gasteiger partial charge in [-0.1, -0.05) is 225 Å². The van der Waals surface area contributed by atoms with Crippen LogP contribution in [0.1, 0.15) is 258 Å². The number of nitrogens with zero attached hydrogens (tertiary/aromatic N) is 1. The van der Waals surface area contributed by atoms with E-state index in [-0.39, 0.29) is 25.8 Å². The number of carbonyl (C=O) groups excluding carboxylic acids is 1. The van der Waals surface area contributed by atoms with E-state index in [0.717, 1.165) is 32.1 Å². The zero-order valence-corrected chi connectivity index (χ0v) is 42.3. The van der Waals surface area contributed by atoms with Crippen LogP contribution in [-0.2, 0) is 27.9 Å². The van der Waals surface area contributed by atoms with Gasteiger partial charge in [-0.05, 0) is 38.5 Å². The zero-order chi connectivity index (χ0) is 44.8. The molecule has 0 saturated heterocycles. The number of phosphoric acid groups is 1. The number of hydrogen-bond acceptors (Lipinski definition) is 7. The molecule has 2 unspecified atom stereocenters. The van der Waals surface area contributed by atoms with E-state index in [9.17, 15) is 14.3 Å². The lowest BCUT2D eigenvalue weighted by molar-refractivity contribution is -0.870. The second kappa shape index (κ2) is 45.8. The normalized spacial score (nSPS) is 13.6. The second-order valence-electron chi connectivity index (χ2n) is 19.2. The Kier molecular flexibility index (Phi) is 45.2. The van der Waals surface area contributed by atoms with Crippen LogP contribution in [0.3, 0.4) is 0 Å². The van der Waals surface area contributed by atoms with Gasteiger partial charge in [0, 0.05) is 13.0 Å². The molecule has 364 valence electrons. The van der Waals surface area contributed by atoms with Crippen LogP contribution in [-0.4, -0.2) is 70.7 Å². The fourth-order valence-electron chi connectivity index (χ4n) is 7.72. The topological polar surface area (TPSA) is 94.1 Å². The molecule has 0 fully saturated rings. The number of allylic oxidation sites excluding steroid dienone is 2. The maximum Gasteiger partial charge on any atom is 0.306 e. The summed E-state index contributed by atoms with van der Waals surface area (Å²) in [5.41, 5.74) is 0. The highest BCUT2D eigenvalue weighted by atomic mass is 31.2. The Hall–Kier alpha value is -0.760. The third-order valence-electron chi connectivity index (χ3n) is 11.8. The van der Waals surface area contributed by atoms with E-state index >= 15 is 0 Å². The first-order valence-electron chi connectivity index (χ1n) is 26.4. The summed E-state index contributed by atoms with van der Waals surface area (Å²) >= 11 is 0. The van der Waals surface area contributed by atoms with Crippen molar-refractivity contribution in [2.24, 2.45) is 0 Å². The summed E-state index contributed by atoms with van der Waals surface area (Å²) in [6, 6.07) is 0. The third-order valence-corrected chi connectivity index (χ3v) is 12.8. The number of phosphoric ester groups is 1. The van der Waals surface area contributed by atoms with E-state index in [1.54, 1.807) is 0 Å². The fourth-order valence-corrected chi connectivity index (χ4v) is 8.45. The van der Waals surface area contributed by atoms with Crippen molar-refractivity contribution in [1.29, 1.82) is 0 Å². The number of hydrogen-bond donors (Lipinski definition) is 0. The smallest absolute Gasteiger partial charge is 0.306 e. The Bertz CT molecular complexity index is 987. The molecule has 0 aliphatic heterocycles. The summed E-state index contributed by atoms with van der Waals surface area (Å²) < 4.78 is 34.8. The molecule has 0 aliphatic rings. The number of quaternary nitrogens is 1. The average Bonchev–Trinajstić information content (AvgIpc) is 3.22. The summed E-state index contributed by atoms with van der Waals surface area (Å²) in [5.74, 6) is -0.332. The number of ether oxygens (including phenoxy) is 2. The third kappa shape index (κ3) is 50.1. The molecule has 0 amide bonds. The first-order valence-corrected chi connectivity index (χ1v) is 27.9. The molecule has 0 N–H and O–H groups in total. The van der Waals surface area contributed by atoms with Crippen LogP contribution in [0, 0.1) is 0 Å². The predicted molar refractivity (Wildman–Crippen MR) is 259 cm³/mol. The molecule has 9 heteroatoms. The van der Waals surface area contributed by atoms with Crippen molar-refractivity contribution in [2.75, 3.05) is 54.1 Å². The van der Waals surface area contributed by atoms with Gasteiger partial charge in [-0.2, -0.15) is 0 Å². The van der Waals surface area contributed by atoms with Gasteiger partial charge in [-0.15, -0.1) is 0 Å². The maximum atomic E-state index is 12.7. The van der Waals surface area contributed by atoms with Crippen LogP contribution < -0.4 is 4.89 Å². The lowest BCUT2D eigenvalue weighted by atomic mass is 10.0. The number of rotatable bonds is 50. The minimum Gasteiger partial charge on any atom is -0.756 e. The summed E-state index contributed by atoms with van der Waals surface area (Å²) in [6.07, 6.45) is 52.4. The molecule has 61 heavy (non-hydrogen) atoms. The van der Waals surface area contributed by atoms with Crippen molar-refractivity contribution in [1.82, 2.24) is 0 Å². The van der Waals surface area contributed by atoms with Gasteiger partial charge in [0.05, 0.1) is 34.4 Å². The standard InChI is InChI=1S/C52H104NO7P/c1-6-8-10-12-14-16-18-20-22-24-25-26-27-28-30-32-34-36-38-40-42-44-47-57-49-51(50-59-61(55,56)58-48-46-53(3,4)5)60-52(54)45-43-41-39-37-35-33-31-29-23-21-19-17-15-13-11-9-7-2/h21,23,51H,6-20,22,24-50H2,1-5H3/b23-21-. The van der Waals surface area contributed by atoms with Crippen LogP contribution in [0.4, 0.5) is 0 Å². The van der Waals surface area contributed by atoms with Crippen molar-refractivity contribution < 1.29 is 37.3 Å². The average molecular weight is 886 g/mol. The molecule has 8 nitrogen and oxygen atoms in total. The van der Waals surface area contributed by atoms with Crippen LogP contribution in [0.25, 0.3) is 0 Å². The second-order valence-corrected chi connectivity index (χ2v) is 20.7. The minimum absolute atomic E-state index is 0.0289. The molecular weight excluding hydrogens is 782 g/mol. The number of unbranched alkanes of at least 4 members (excludes halogenated alkanes) is 34. The highest BCUT2D eigenvalue weighted by Gasteiger charge is 2.20. The van der Waals surface area contributed by atoms with Gasteiger partial charge in [-0.3, -0.25) is 9.36 Å². The van der Waals surface area contributed by atoms with Crippen LogP contribution >= 0.6 is 7.82 Å². The first kappa shape index (κ1) is 60.2. The Balaban J connectivity index is 4.07. The minimum atomic E-state index is -4.53. The summed E-state index contributed by atoms with van der Waals surface area (Å²) in [6.45, 7) is 5.47. The van der Waals surface area contributed by atoms with E-state index in [1.165, 1.54) is 205 Å².